The zero-order valence-corrected chi connectivity index (χ0v) is 11.8. The topological polar surface area (TPSA) is 41.1 Å². The van der Waals surface area contributed by atoms with Crippen molar-refractivity contribution in [3.63, 3.8) is 0 Å². The van der Waals surface area contributed by atoms with Crippen LogP contribution in [0.25, 0.3) is 0 Å². The van der Waals surface area contributed by atoms with Crippen molar-refractivity contribution in [1.29, 1.82) is 0 Å². The van der Waals surface area contributed by atoms with Gasteiger partial charge in [0.1, 0.15) is 5.82 Å². The molecule has 0 fully saturated rings. The van der Waals surface area contributed by atoms with E-state index >= 15 is 0 Å². The van der Waals surface area contributed by atoms with Crippen LogP contribution in [0.5, 0.6) is 0 Å². The number of nitrogens with one attached hydrogen (secondary N) is 2. The Bertz CT molecular complexity index is 684. The second kappa shape index (κ2) is 5.56. The quantitative estimate of drug-likeness (QED) is 0.903. The summed E-state index contributed by atoms with van der Waals surface area (Å²) >= 11 is 0. The van der Waals surface area contributed by atoms with E-state index in [0.717, 1.165) is 17.8 Å². The summed E-state index contributed by atoms with van der Waals surface area (Å²) in [6.45, 7) is 2.56. The Morgan fingerprint density at radius 1 is 1.33 bits per heavy atom. The summed E-state index contributed by atoms with van der Waals surface area (Å²) in [6, 6.07) is 12.4. The average Bonchev–Trinajstić information content (AvgIpc) is 2.85. The van der Waals surface area contributed by atoms with Gasteiger partial charge in [0.2, 0.25) is 5.91 Å². The average molecular weight is 284 g/mol. The van der Waals surface area contributed by atoms with Crippen molar-refractivity contribution in [3.8, 4) is 0 Å². The molecular formula is C17H17FN2O. The number of carbonyl (C=O) groups excluding carboxylic acids is 1. The lowest BCUT2D eigenvalue weighted by Crippen LogP contribution is -2.17. The summed E-state index contributed by atoms with van der Waals surface area (Å²) in [7, 11) is 0. The van der Waals surface area contributed by atoms with Gasteiger partial charge in [0.05, 0.1) is 0 Å². The number of hydrogen-bond acceptors (Lipinski definition) is 2. The van der Waals surface area contributed by atoms with Gasteiger partial charge in [0.25, 0.3) is 0 Å². The SMILES string of the molecule is Cc1cc(F)ccc1NC(=O)CC1CNc2ccccc21. The van der Waals surface area contributed by atoms with Gasteiger partial charge < -0.3 is 10.6 Å². The van der Waals surface area contributed by atoms with Crippen LogP contribution >= 0.6 is 0 Å². The molecule has 0 saturated heterocycles. The number of rotatable bonds is 3. The first-order valence-corrected chi connectivity index (χ1v) is 7.02. The molecule has 0 saturated carbocycles. The number of aryl methyl sites for hydroxylation is 1. The van der Waals surface area contributed by atoms with E-state index in [1.165, 1.54) is 17.7 Å². The number of anilines is 2. The highest BCUT2D eigenvalue weighted by molar-refractivity contribution is 5.92. The van der Waals surface area contributed by atoms with Crippen LogP contribution in [-0.2, 0) is 4.79 Å². The van der Waals surface area contributed by atoms with Crippen molar-refractivity contribution in [2.24, 2.45) is 0 Å². The second-order valence-corrected chi connectivity index (χ2v) is 5.38. The lowest BCUT2D eigenvalue weighted by molar-refractivity contribution is -0.116. The van der Waals surface area contributed by atoms with Crippen molar-refractivity contribution in [2.75, 3.05) is 17.2 Å². The molecule has 1 aliphatic heterocycles. The highest BCUT2D eigenvalue weighted by Gasteiger charge is 2.24. The third-order valence-electron chi connectivity index (χ3n) is 3.83. The molecule has 1 unspecified atom stereocenters. The summed E-state index contributed by atoms with van der Waals surface area (Å²) in [4.78, 5) is 12.2. The summed E-state index contributed by atoms with van der Waals surface area (Å²) < 4.78 is 13.1. The minimum atomic E-state index is -0.292. The summed E-state index contributed by atoms with van der Waals surface area (Å²) in [6.07, 6.45) is 0.417. The van der Waals surface area contributed by atoms with Gasteiger partial charge in [0.15, 0.2) is 0 Å². The van der Waals surface area contributed by atoms with Crippen LogP contribution in [0.15, 0.2) is 42.5 Å². The van der Waals surface area contributed by atoms with E-state index < -0.39 is 0 Å². The Morgan fingerprint density at radius 3 is 2.95 bits per heavy atom. The summed E-state index contributed by atoms with van der Waals surface area (Å²) in [5, 5.41) is 6.17. The second-order valence-electron chi connectivity index (χ2n) is 5.38. The Morgan fingerprint density at radius 2 is 2.14 bits per heavy atom. The van der Waals surface area contributed by atoms with Gasteiger partial charge in [-0.15, -0.1) is 0 Å². The molecule has 1 atom stereocenters. The third kappa shape index (κ3) is 2.89. The van der Waals surface area contributed by atoms with E-state index in [4.69, 9.17) is 0 Å². The first kappa shape index (κ1) is 13.6. The van der Waals surface area contributed by atoms with E-state index in [-0.39, 0.29) is 17.6 Å². The van der Waals surface area contributed by atoms with Crippen molar-refractivity contribution < 1.29 is 9.18 Å². The van der Waals surface area contributed by atoms with Gasteiger partial charge >= 0.3 is 0 Å². The molecule has 108 valence electrons. The highest BCUT2D eigenvalue weighted by atomic mass is 19.1. The number of benzene rings is 2. The molecule has 0 bridgehead atoms. The molecule has 1 amide bonds. The fraction of sp³-hybridized carbons (Fsp3) is 0.235. The minimum Gasteiger partial charge on any atom is -0.384 e. The van der Waals surface area contributed by atoms with E-state index in [2.05, 4.69) is 16.7 Å². The zero-order chi connectivity index (χ0) is 14.8. The van der Waals surface area contributed by atoms with Crippen LogP contribution in [-0.4, -0.2) is 12.5 Å². The van der Waals surface area contributed by atoms with E-state index in [0.29, 0.717) is 12.1 Å². The molecule has 0 spiro atoms. The summed E-state index contributed by atoms with van der Waals surface area (Å²) in [5.41, 5.74) is 3.69. The fourth-order valence-corrected chi connectivity index (χ4v) is 2.73. The smallest absolute Gasteiger partial charge is 0.225 e. The molecular weight excluding hydrogens is 267 g/mol. The zero-order valence-electron chi connectivity index (χ0n) is 11.8. The molecule has 1 aliphatic rings. The fourth-order valence-electron chi connectivity index (χ4n) is 2.73. The first-order chi connectivity index (χ1) is 10.1. The molecule has 0 aromatic heterocycles. The number of halogens is 1. The molecule has 3 rings (SSSR count). The molecule has 2 aromatic rings. The molecule has 1 heterocycles. The van der Waals surface area contributed by atoms with Gasteiger partial charge in [-0.25, -0.2) is 4.39 Å². The van der Waals surface area contributed by atoms with E-state index in [9.17, 15) is 9.18 Å². The lowest BCUT2D eigenvalue weighted by Gasteiger charge is -2.12. The molecule has 4 heteroatoms. The van der Waals surface area contributed by atoms with Gasteiger partial charge in [-0.2, -0.15) is 0 Å². The van der Waals surface area contributed by atoms with Crippen LogP contribution in [0.1, 0.15) is 23.5 Å². The first-order valence-electron chi connectivity index (χ1n) is 7.02. The number of hydrogen-bond donors (Lipinski definition) is 2. The lowest BCUT2D eigenvalue weighted by atomic mass is 9.97. The molecule has 2 N–H and O–H groups in total. The van der Waals surface area contributed by atoms with Crippen molar-refractivity contribution in [2.45, 2.75) is 19.3 Å². The predicted octanol–water partition coefficient (Wildman–Crippen LogP) is 3.67. The molecule has 21 heavy (non-hydrogen) atoms. The Hall–Kier alpha value is -2.36. The molecule has 0 aliphatic carbocycles. The van der Waals surface area contributed by atoms with Gasteiger partial charge in [-0.05, 0) is 42.3 Å². The maximum Gasteiger partial charge on any atom is 0.225 e. The monoisotopic (exact) mass is 284 g/mol. The largest absolute Gasteiger partial charge is 0.384 e. The van der Waals surface area contributed by atoms with Crippen LogP contribution in [0.2, 0.25) is 0 Å². The van der Waals surface area contributed by atoms with Crippen LogP contribution in [0.4, 0.5) is 15.8 Å². The maximum atomic E-state index is 13.1. The maximum absolute atomic E-state index is 13.1. The van der Waals surface area contributed by atoms with Crippen molar-refractivity contribution in [1.82, 2.24) is 0 Å². The molecule has 3 nitrogen and oxygen atoms in total. The van der Waals surface area contributed by atoms with Gasteiger partial charge in [0, 0.05) is 30.3 Å². The highest BCUT2D eigenvalue weighted by Crippen LogP contribution is 2.33. The molecule has 2 aromatic carbocycles. The number of fused-ring (bicyclic) bond motifs is 1. The normalized spacial score (nSPS) is 16.2. The van der Waals surface area contributed by atoms with E-state index in [1.54, 1.807) is 13.0 Å². The predicted molar refractivity (Wildman–Crippen MR) is 82.1 cm³/mol. The third-order valence-corrected chi connectivity index (χ3v) is 3.83. The van der Waals surface area contributed by atoms with Gasteiger partial charge in [-0.3, -0.25) is 4.79 Å². The van der Waals surface area contributed by atoms with Crippen molar-refractivity contribution in [3.05, 3.63) is 59.4 Å². The van der Waals surface area contributed by atoms with E-state index in [1.807, 2.05) is 18.2 Å². The Labute approximate surface area is 123 Å². The standard InChI is InChI=1S/C17H17FN2O/c1-11-8-13(18)6-7-15(11)20-17(21)9-12-10-19-16-5-3-2-4-14(12)16/h2-8,12,19H,9-10H2,1H3,(H,20,21). The number of carbonyl (C=O) groups is 1. The minimum absolute atomic E-state index is 0.0480. The van der Waals surface area contributed by atoms with Crippen LogP contribution in [0, 0.1) is 12.7 Å². The Kier molecular flexibility index (Phi) is 3.60. The number of para-hydroxylation sites is 1. The van der Waals surface area contributed by atoms with Crippen LogP contribution < -0.4 is 10.6 Å². The number of amides is 1. The summed E-state index contributed by atoms with van der Waals surface area (Å²) in [5.74, 6) is -0.158. The van der Waals surface area contributed by atoms with Crippen LogP contribution in [0.3, 0.4) is 0 Å². The molecule has 0 radical (unpaired) electrons. The Balaban J connectivity index is 1.68. The van der Waals surface area contributed by atoms with Crippen molar-refractivity contribution >= 4 is 17.3 Å². The van der Waals surface area contributed by atoms with Gasteiger partial charge in [-0.1, -0.05) is 18.2 Å².